The van der Waals surface area contributed by atoms with Crippen LogP contribution in [0.1, 0.15) is 51.1 Å². The van der Waals surface area contributed by atoms with Gasteiger partial charge >= 0.3 is 0 Å². The van der Waals surface area contributed by atoms with E-state index in [1.807, 2.05) is 19.9 Å². The Hall–Kier alpha value is -0.910. The molecule has 0 aromatic heterocycles. The highest BCUT2D eigenvalue weighted by Gasteiger charge is 2.34. The molecule has 1 saturated heterocycles. The quantitative estimate of drug-likeness (QED) is 0.908. The molecule has 1 aromatic carbocycles. The lowest BCUT2D eigenvalue weighted by molar-refractivity contribution is 0.379. The minimum atomic E-state index is -3.39. The van der Waals surface area contributed by atoms with Gasteiger partial charge in [-0.05, 0) is 43.4 Å². The number of nitrogens with two attached hydrogens (primary N) is 1. The zero-order valence-corrected chi connectivity index (χ0v) is 13.1. The van der Waals surface area contributed by atoms with E-state index in [0.717, 1.165) is 31.2 Å². The molecule has 1 aliphatic heterocycles. The first kappa shape index (κ1) is 15.5. The summed E-state index contributed by atoms with van der Waals surface area (Å²) in [7, 11) is -3.39. The molecule has 112 valence electrons. The molecule has 0 amide bonds. The van der Waals surface area contributed by atoms with Crippen LogP contribution in [-0.2, 0) is 10.0 Å². The van der Waals surface area contributed by atoms with Gasteiger partial charge in [0.25, 0.3) is 0 Å². The molecule has 2 N–H and O–H groups in total. The third-order valence-corrected chi connectivity index (χ3v) is 6.07. The lowest BCUT2D eigenvalue weighted by atomic mass is 10.1. The van der Waals surface area contributed by atoms with E-state index in [2.05, 4.69) is 0 Å². The molecule has 4 nitrogen and oxygen atoms in total. The van der Waals surface area contributed by atoms with Gasteiger partial charge in [0, 0.05) is 18.6 Å². The zero-order valence-electron chi connectivity index (χ0n) is 12.2. The highest BCUT2D eigenvalue weighted by atomic mass is 32.2. The van der Waals surface area contributed by atoms with Crippen LogP contribution >= 0.6 is 0 Å². The Morgan fingerprint density at radius 3 is 2.80 bits per heavy atom. The van der Waals surface area contributed by atoms with Crippen molar-refractivity contribution in [3.05, 3.63) is 29.8 Å². The summed E-state index contributed by atoms with van der Waals surface area (Å²) in [5, 5.41) is 0. The summed E-state index contributed by atoms with van der Waals surface area (Å²) in [6.45, 7) is 4.67. The van der Waals surface area contributed by atoms with Crippen molar-refractivity contribution in [3.8, 4) is 0 Å². The standard InChI is InChI=1S/C15H24N2O2S/c1-3-13-8-6-10-17(13)20(18,19)14-9-5-7-12(11-14)15(16)4-2/h5,7,9,11,13,15H,3-4,6,8,10,16H2,1-2H3. The van der Waals surface area contributed by atoms with Crippen LogP contribution in [-0.4, -0.2) is 25.3 Å². The van der Waals surface area contributed by atoms with Crippen LogP contribution in [0.5, 0.6) is 0 Å². The van der Waals surface area contributed by atoms with Crippen LogP contribution < -0.4 is 5.73 Å². The van der Waals surface area contributed by atoms with Crippen LogP contribution in [0, 0.1) is 0 Å². The number of hydrogen-bond acceptors (Lipinski definition) is 3. The Labute approximate surface area is 122 Å². The monoisotopic (exact) mass is 296 g/mol. The highest BCUT2D eigenvalue weighted by Crippen LogP contribution is 2.28. The first-order chi connectivity index (χ1) is 9.50. The number of sulfonamides is 1. The second-order valence-corrected chi connectivity index (χ2v) is 7.30. The third kappa shape index (κ3) is 2.90. The molecular formula is C15H24N2O2S. The Balaban J connectivity index is 2.34. The van der Waals surface area contributed by atoms with Gasteiger partial charge in [0.15, 0.2) is 0 Å². The van der Waals surface area contributed by atoms with Crippen LogP contribution in [0.3, 0.4) is 0 Å². The van der Waals surface area contributed by atoms with Crippen LogP contribution in [0.25, 0.3) is 0 Å². The molecule has 1 aliphatic rings. The van der Waals surface area contributed by atoms with E-state index in [4.69, 9.17) is 5.73 Å². The molecule has 0 saturated carbocycles. The summed E-state index contributed by atoms with van der Waals surface area (Å²) in [6.07, 6.45) is 3.58. The highest BCUT2D eigenvalue weighted by molar-refractivity contribution is 7.89. The van der Waals surface area contributed by atoms with Crippen molar-refractivity contribution < 1.29 is 8.42 Å². The van der Waals surface area contributed by atoms with Crippen molar-refractivity contribution in [2.45, 2.75) is 56.5 Å². The van der Waals surface area contributed by atoms with E-state index in [1.54, 1.807) is 22.5 Å². The first-order valence-corrected chi connectivity index (χ1v) is 8.82. The minimum absolute atomic E-state index is 0.106. The largest absolute Gasteiger partial charge is 0.324 e. The van der Waals surface area contributed by atoms with Crippen molar-refractivity contribution in [2.24, 2.45) is 5.73 Å². The van der Waals surface area contributed by atoms with E-state index in [9.17, 15) is 8.42 Å². The van der Waals surface area contributed by atoms with Crippen LogP contribution in [0.2, 0.25) is 0 Å². The van der Waals surface area contributed by atoms with E-state index in [-0.39, 0.29) is 12.1 Å². The average molecular weight is 296 g/mol. The van der Waals surface area contributed by atoms with Crippen molar-refractivity contribution in [2.75, 3.05) is 6.54 Å². The topological polar surface area (TPSA) is 63.4 Å². The third-order valence-electron chi connectivity index (χ3n) is 4.13. The van der Waals surface area contributed by atoms with Gasteiger partial charge in [-0.2, -0.15) is 4.31 Å². The number of benzene rings is 1. The smallest absolute Gasteiger partial charge is 0.243 e. The van der Waals surface area contributed by atoms with Crippen LogP contribution in [0.15, 0.2) is 29.2 Å². The molecule has 0 aliphatic carbocycles. The van der Waals surface area contributed by atoms with Gasteiger partial charge in [0.05, 0.1) is 4.90 Å². The molecule has 1 heterocycles. The second kappa shape index (κ2) is 6.24. The molecule has 0 spiro atoms. The number of hydrogen-bond donors (Lipinski definition) is 1. The maximum absolute atomic E-state index is 12.8. The molecule has 1 aromatic rings. The van der Waals surface area contributed by atoms with Crippen molar-refractivity contribution in [1.82, 2.24) is 4.31 Å². The zero-order chi connectivity index (χ0) is 14.8. The van der Waals surface area contributed by atoms with Crippen molar-refractivity contribution in [1.29, 1.82) is 0 Å². The maximum atomic E-state index is 12.8. The molecule has 2 rings (SSSR count). The molecule has 0 bridgehead atoms. The summed E-state index contributed by atoms with van der Waals surface area (Å²) in [5.74, 6) is 0. The Bertz CT molecular complexity index is 557. The maximum Gasteiger partial charge on any atom is 0.243 e. The molecule has 0 radical (unpaired) electrons. The van der Waals surface area contributed by atoms with Gasteiger partial charge < -0.3 is 5.73 Å². The van der Waals surface area contributed by atoms with Crippen molar-refractivity contribution >= 4 is 10.0 Å². The van der Waals surface area contributed by atoms with Gasteiger partial charge in [0.2, 0.25) is 10.0 Å². The molecule has 2 unspecified atom stereocenters. The fraction of sp³-hybridized carbons (Fsp3) is 0.600. The average Bonchev–Trinajstić information content (AvgIpc) is 2.95. The van der Waals surface area contributed by atoms with E-state index < -0.39 is 10.0 Å². The Morgan fingerprint density at radius 1 is 1.40 bits per heavy atom. The normalized spacial score (nSPS) is 22.1. The minimum Gasteiger partial charge on any atom is -0.324 e. The predicted molar refractivity (Wildman–Crippen MR) is 80.9 cm³/mol. The summed E-state index contributed by atoms with van der Waals surface area (Å²) in [5.41, 5.74) is 6.89. The molecule has 5 heteroatoms. The van der Waals surface area contributed by atoms with Gasteiger partial charge in [-0.1, -0.05) is 26.0 Å². The van der Waals surface area contributed by atoms with Crippen molar-refractivity contribution in [3.63, 3.8) is 0 Å². The lowest BCUT2D eigenvalue weighted by Crippen LogP contribution is -2.35. The van der Waals surface area contributed by atoms with Gasteiger partial charge in [-0.25, -0.2) is 8.42 Å². The van der Waals surface area contributed by atoms with E-state index in [0.29, 0.717) is 11.4 Å². The summed E-state index contributed by atoms with van der Waals surface area (Å²) < 4.78 is 27.2. The number of nitrogens with zero attached hydrogens (tertiary/aromatic N) is 1. The Kier molecular flexibility index (Phi) is 4.83. The van der Waals surface area contributed by atoms with Gasteiger partial charge in [-0.15, -0.1) is 0 Å². The fourth-order valence-corrected chi connectivity index (χ4v) is 4.63. The summed E-state index contributed by atoms with van der Waals surface area (Å²) >= 11 is 0. The summed E-state index contributed by atoms with van der Waals surface area (Å²) in [4.78, 5) is 0.374. The molecule has 1 fully saturated rings. The first-order valence-electron chi connectivity index (χ1n) is 7.38. The second-order valence-electron chi connectivity index (χ2n) is 5.41. The Morgan fingerprint density at radius 2 is 2.15 bits per heavy atom. The molecule has 2 atom stereocenters. The van der Waals surface area contributed by atoms with E-state index in [1.165, 1.54) is 0 Å². The van der Waals surface area contributed by atoms with Gasteiger partial charge in [-0.3, -0.25) is 0 Å². The van der Waals surface area contributed by atoms with Crippen LogP contribution in [0.4, 0.5) is 0 Å². The summed E-state index contributed by atoms with van der Waals surface area (Å²) in [6, 6.07) is 7.12. The number of rotatable bonds is 5. The fourth-order valence-electron chi connectivity index (χ4n) is 2.81. The van der Waals surface area contributed by atoms with Gasteiger partial charge in [0.1, 0.15) is 0 Å². The lowest BCUT2D eigenvalue weighted by Gasteiger charge is -2.23. The predicted octanol–water partition coefficient (Wildman–Crippen LogP) is 2.66. The molecule has 20 heavy (non-hydrogen) atoms. The molecular weight excluding hydrogens is 272 g/mol. The van der Waals surface area contributed by atoms with E-state index >= 15 is 0 Å². The SMILES string of the molecule is CCC(N)c1cccc(S(=O)(=O)N2CCCC2CC)c1.